The quantitative estimate of drug-likeness (QED) is 0.605. The smallest absolute Gasteiger partial charge is 0.238 e. The summed E-state index contributed by atoms with van der Waals surface area (Å²) in [6.45, 7) is 0. The summed E-state index contributed by atoms with van der Waals surface area (Å²) in [6.07, 6.45) is 5.54. The third kappa shape index (κ3) is 4.34. The summed E-state index contributed by atoms with van der Waals surface area (Å²) in [4.78, 5) is 17.2. The minimum atomic E-state index is -0.514. The molecule has 3 aromatic rings. The molecule has 1 fully saturated rings. The molecule has 1 aliphatic rings. The monoisotopic (exact) mass is 401 g/mol. The molecule has 0 spiro atoms. The first-order valence-corrected chi connectivity index (χ1v) is 9.88. The lowest BCUT2D eigenvalue weighted by Gasteiger charge is -2.17. The van der Waals surface area contributed by atoms with Gasteiger partial charge in [-0.2, -0.15) is 0 Å². The zero-order valence-electron chi connectivity index (χ0n) is 14.3. The summed E-state index contributed by atoms with van der Waals surface area (Å²) in [5.41, 5.74) is 1.64. The molecule has 1 amide bonds. The van der Waals surface area contributed by atoms with Crippen LogP contribution in [-0.4, -0.2) is 21.5 Å². The van der Waals surface area contributed by atoms with Crippen molar-refractivity contribution in [3.63, 3.8) is 0 Å². The average molecular weight is 402 g/mol. The number of imidazole rings is 1. The van der Waals surface area contributed by atoms with Crippen molar-refractivity contribution >= 4 is 29.3 Å². The van der Waals surface area contributed by atoms with E-state index >= 15 is 0 Å². The highest BCUT2D eigenvalue weighted by Crippen LogP contribution is 2.36. The molecule has 27 heavy (non-hydrogen) atoms. The van der Waals surface area contributed by atoms with Gasteiger partial charge in [-0.1, -0.05) is 35.5 Å². The second-order valence-electron chi connectivity index (χ2n) is 6.39. The van der Waals surface area contributed by atoms with Crippen LogP contribution in [0, 0.1) is 5.82 Å². The molecule has 4 rings (SSSR count). The first-order chi connectivity index (χ1) is 13.1. The van der Waals surface area contributed by atoms with Gasteiger partial charge in [0, 0.05) is 29.1 Å². The third-order valence-corrected chi connectivity index (χ3v) is 5.76. The second-order valence-corrected chi connectivity index (χ2v) is 7.90. The van der Waals surface area contributed by atoms with E-state index in [0.717, 1.165) is 24.1 Å². The molecule has 138 valence electrons. The van der Waals surface area contributed by atoms with E-state index < -0.39 is 5.25 Å². The highest BCUT2D eigenvalue weighted by Gasteiger charge is 2.30. The number of carbonyl (C=O) groups is 1. The van der Waals surface area contributed by atoms with Crippen LogP contribution < -0.4 is 5.32 Å². The van der Waals surface area contributed by atoms with Crippen LogP contribution in [0.1, 0.15) is 23.7 Å². The zero-order valence-corrected chi connectivity index (χ0v) is 15.9. The number of hydrogen-bond donors (Lipinski definition) is 1. The van der Waals surface area contributed by atoms with Crippen LogP contribution in [0.3, 0.4) is 0 Å². The van der Waals surface area contributed by atoms with Crippen molar-refractivity contribution in [2.24, 2.45) is 0 Å². The lowest BCUT2D eigenvalue weighted by molar-refractivity contribution is -0.120. The molecular formula is C20H17ClFN3OS. The minimum absolute atomic E-state index is 0.0836. The predicted octanol–water partition coefficient (Wildman–Crippen LogP) is 4.78. The van der Waals surface area contributed by atoms with E-state index in [1.165, 1.54) is 23.9 Å². The van der Waals surface area contributed by atoms with Crippen LogP contribution in [-0.2, 0) is 4.79 Å². The van der Waals surface area contributed by atoms with Crippen molar-refractivity contribution in [2.45, 2.75) is 29.3 Å². The Morgan fingerprint density at radius 2 is 1.89 bits per heavy atom. The van der Waals surface area contributed by atoms with Gasteiger partial charge in [-0.05, 0) is 54.8 Å². The van der Waals surface area contributed by atoms with E-state index in [1.54, 1.807) is 18.3 Å². The van der Waals surface area contributed by atoms with Crippen molar-refractivity contribution in [2.75, 3.05) is 0 Å². The van der Waals surface area contributed by atoms with Crippen LogP contribution in [0.4, 0.5) is 4.39 Å². The molecule has 1 N–H and O–H groups in total. The summed E-state index contributed by atoms with van der Waals surface area (Å²) in [5, 5.41) is 3.86. The number of halogens is 2. The van der Waals surface area contributed by atoms with Gasteiger partial charge in [-0.15, -0.1) is 0 Å². The molecule has 2 aromatic carbocycles. The lowest BCUT2D eigenvalue weighted by Crippen LogP contribution is -2.30. The molecule has 1 atom stereocenters. The van der Waals surface area contributed by atoms with Crippen LogP contribution in [0.2, 0.25) is 5.02 Å². The Hall–Kier alpha value is -2.31. The Morgan fingerprint density at radius 3 is 2.56 bits per heavy atom. The van der Waals surface area contributed by atoms with Crippen molar-refractivity contribution in [3.05, 3.63) is 77.3 Å². The van der Waals surface area contributed by atoms with Gasteiger partial charge in [0.05, 0.1) is 0 Å². The third-order valence-electron chi connectivity index (χ3n) is 4.27. The molecule has 0 bridgehead atoms. The topological polar surface area (TPSA) is 46.9 Å². The lowest BCUT2D eigenvalue weighted by atomic mass is 10.1. The maximum absolute atomic E-state index is 13.3. The Labute approximate surface area is 165 Å². The molecule has 0 saturated heterocycles. The summed E-state index contributed by atoms with van der Waals surface area (Å²) in [6, 6.07) is 13.7. The number of thioether (sulfide) groups is 1. The summed E-state index contributed by atoms with van der Waals surface area (Å²) in [5.74, 6) is -0.410. The summed E-state index contributed by atoms with van der Waals surface area (Å²) < 4.78 is 15.2. The predicted molar refractivity (Wildman–Crippen MR) is 105 cm³/mol. The Morgan fingerprint density at radius 1 is 1.19 bits per heavy atom. The number of aromatic nitrogens is 2. The Balaban J connectivity index is 1.63. The number of nitrogens with zero attached hydrogens (tertiary/aromatic N) is 2. The summed E-state index contributed by atoms with van der Waals surface area (Å²) >= 11 is 7.31. The van der Waals surface area contributed by atoms with E-state index in [9.17, 15) is 9.18 Å². The fourth-order valence-electron chi connectivity index (χ4n) is 2.70. The maximum atomic E-state index is 13.3. The SMILES string of the molecule is O=C(NC1CC1)C(Sc1nccn1-c1ccc(Cl)cc1)c1ccc(F)cc1. The number of rotatable bonds is 6. The van der Waals surface area contributed by atoms with E-state index in [2.05, 4.69) is 10.3 Å². The van der Waals surface area contributed by atoms with E-state index in [4.69, 9.17) is 11.6 Å². The van der Waals surface area contributed by atoms with Crippen LogP contribution in [0.5, 0.6) is 0 Å². The molecular weight excluding hydrogens is 385 g/mol. The van der Waals surface area contributed by atoms with E-state index in [-0.39, 0.29) is 17.8 Å². The fourth-order valence-corrected chi connectivity index (χ4v) is 3.90. The minimum Gasteiger partial charge on any atom is -0.352 e. The average Bonchev–Trinajstić information content (AvgIpc) is 3.36. The van der Waals surface area contributed by atoms with Crippen molar-refractivity contribution < 1.29 is 9.18 Å². The van der Waals surface area contributed by atoms with E-state index in [1.807, 2.05) is 35.0 Å². The van der Waals surface area contributed by atoms with Gasteiger partial charge < -0.3 is 5.32 Å². The molecule has 1 saturated carbocycles. The Bertz CT molecular complexity index is 939. The molecule has 1 aromatic heterocycles. The number of carbonyl (C=O) groups excluding carboxylic acids is 1. The summed E-state index contributed by atoms with van der Waals surface area (Å²) in [7, 11) is 0. The number of hydrogen-bond acceptors (Lipinski definition) is 3. The maximum Gasteiger partial charge on any atom is 0.238 e. The largest absolute Gasteiger partial charge is 0.352 e. The molecule has 1 unspecified atom stereocenters. The van der Waals surface area contributed by atoms with Crippen molar-refractivity contribution in [1.82, 2.24) is 14.9 Å². The van der Waals surface area contributed by atoms with Gasteiger partial charge in [0.25, 0.3) is 0 Å². The van der Waals surface area contributed by atoms with Crippen molar-refractivity contribution in [1.29, 1.82) is 0 Å². The number of nitrogens with one attached hydrogen (secondary N) is 1. The van der Waals surface area contributed by atoms with Crippen LogP contribution in [0.15, 0.2) is 66.1 Å². The molecule has 1 aliphatic carbocycles. The second kappa shape index (κ2) is 7.74. The molecule has 4 nitrogen and oxygen atoms in total. The zero-order chi connectivity index (χ0) is 18.8. The number of amides is 1. The van der Waals surface area contributed by atoms with Gasteiger partial charge in [-0.25, -0.2) is 9.37 Å². The highest BCUT2D eigenvalue weighted by molar-refractivity contribution is 8.00. The van der Waals surface area contributed by atoms with Crippen LogP contribution >= 0.6 is 23.4 Å². The van der Waals surface area contributed by atoms with Gasteiger partial charge in [0.1, 0.15) is 11.1 Å². The Kier molecular flexibility index (Phi) is 5.18. The first-order valence-electron chi connectivity index (χ1n) is 8.62. The van der Waals surface area contributed by atoms with Gasteiger partial charge in [-0.3, -0.25) is 9.36 Å². The van der Waals surface area contributed by atoms with E-state index in [0.29, 0.717) is 10.2 Å². The molecule has 1 heterocycles. The molecule has 0 aliphatic heterocycles. The van der Waals surface area contributed by atoms with Crippen LogP contribution in [0.25, 0.3) is 5.69 Å². The fraction of sp³-hybridized carbons (Fsp3) is 0.200. The first kappa shape index (κ1) is 18.1. The standard InChI is InChI=1S/C20H17ClFN3OS/c21-14-3-9-17(10-4-14)25-12-11-23-20(25)27-18(19(26)24-16-7-8-16)13-1-5-15(22)6-2-13/h1-6,9-12,16,18H,7-8H2,(H,24,26). The van der Waals surface area contributed by atoms with Gasteiger partial charge in [0.2, 0.25) is 5.91 Å². The highest BCUT2D eigenvalue weighted by atomic mass is 35.5. The van der Waals surface area contributed by atoms with Crippen molar-refractivity contribution in [3.8, 4) is 5.69 Å². The normalized spacial score (nSPS) is 14.7. The van der Waals surface area contributed by atoms with Gasteiger partial charge >= 0.3 is 0 Å². The molecule has 7 heteroatoms. The van der Waals surface area contributed by atoms with Gasteiger partial charge in [0.15, 0.2) is 5.16 Å². The number of benzene rings is 2. The molecule has 0 radical (unpaired) electrons.